The predicted molar refractivity (Wildman–Crippen MR) is 75.4 cm³/mol. The van der Waals surface area contributed by atoms with E-state index in [1.54, 1.807) is 0 Å². The van der Waals surface area contributed by atoms with Gasteiger partial charge in [0.2, 0.25) is 0 Å². The van der Waals surface area contributed by atoms with E-state index in [2.05, 4.69) is 32.8 Å². The summed E-state index contributed by atoms with van der Waals surface area (Å²) in [5.41, 5.74) is 4.99. The van der Waals surface area contributed by atoms with E-state index in [1.807, 2.05) is 18.7 Å². The monoisotopic (exact) mass is 256 g/mol. The zero-order valence-electron chi connectivity index (χ0n) is 11.4. The van der Waals surface area contributed by atoms with Gasteiger partial charge in [0.25, 0.3) is 0 Å². The summed E-state index contributed by atoms with van der Waals surface area (Å²) in [5, 5.41) is 3.33. The van der Waals surface area contributed by atoms with Crippen molar-refractivity contribution in [1.82, 2.24) is 19.9 Å². The summed E-state index contributed by atoms with van der Waals surface area (Å²) in [6.45, 7) is 3.96. The van der Waals surface area contributed by atoms with E-state index in [4.69, 9.17) is 0 Å². The molecule has 4 nitrogen and oxygen atoms in total. The maximum Gasteiger partial charge on any atom is 0.0998 e. The Bertz CT molecular complexity index is 559. The molecule has 0 unspecified atom stereocenters. The zero-order valence-corrected chi connectivity index (χ0v) is 11.4. The highest BCUT2D eigenvalue weighted by molar-refractivity contribution is 5.36. The first kappa shape index (κ1) is 12.4. The van der Waals surface area contributed by atoms with Gasteiger partial charge in [0.15, 0.2) is 0 Å². The predicted octanol–water partition coefficient (Wildman–Crippen LogP) is 2.26. The molecule has 0 aromatic carbocycles. The topological polar surface area (TPSA) is 42.7 Å². The average molecular weight is 256 g/mol. The third-order valence-corrected chi connectivity index (χ3v) is 3.67. The fourth-order valence-corrected chi connectivity index (χ4v) is 2.66. The van der Waals surface area contributed by atoms with Crippen LogP contribution in [-0.2, 0) is 19.4 Å². The quantitative estimate of drug-likeness (QED) is 0.912. The van der Waals surface area contributed by atoms with Gasteiger partial charge in [-0.3, -0.25) is 4.98 Å². The summed E-state index contributed by atoms with van der Waals surface area (Å²) in [4.78, 5) is 8.90. The molecule has 2 aromatic rings. The van der Waals surface area contributed by atoms with E-state index < -0.39 is 0 Å². The molecule has 2 aromatic heterocycles. The largest absolute Gasteiger partial charge is 0.313 e. The number of aryl methyl sites for hydroxylation is 1. The van der Waals surface area contributed by atoms with Crippen LogP contribution in [0.15, 0.2) is 24.8 Å². The van der Waals surface area contributed by atoms with Gasteiger partial charge in [-0.1, -0.05) is 6.92 Å². The van der Waals surface area contributed by atoms with Crippen LogP contribution in [0.1, 0.15) is 36.7 Å². The molecule has 1 N–H and O–H groups in total. The fourth-order valence-electron chi connectivity index (χ4n) is 2.66. The van der Waals surface area contributed by atoms with Crippen LogP contribution >= 0.6 is 0 Å². The van der Waals surface area contributed by atoms with Gasteiger partial charge in [-0.25, -0.2) is 4.98 Å². The molecule has 0 bridgehead atoms. The number of rotatable bonds is 4. The summed E-state index contributed by atoms with van der Waals surface area (Å²) in [5.74, 6) is 0. The number of nitrogens with zero attached hydrogens (tertiary/aromatic N) is 3. The highest BCUT2D eigenvalue weighted by Crippen LogP contribution is 2.23. The van der Waals surface area contributed by atoms with Gasteiger partial charge in [0, 0.05) is 18.4 Å². The molecule has 1 aliphatic carbocycles. The molecule has 2 heterocycles. The molecule has 0 spiro atoms. The van der Waals surface area contributed by atoms with Crippen molar-refractivity contribution >= 4 is 0 Å². The summed E-state index contributed by atoms with van der Waals surface area (Å²) < 4.78 is 2.21. The maximum atomic E-state index is 4.54. The number of fused-ring (bicyclic) bond motifs is 1. The summed E-state index contributed by atoms with van der Waals surface area (Å²) in [7, 11) is 0. The lowest BCUT2D eigenvalue weighted by Gasteiger charge is -2.14. The Morgan fingerprint density at radius 1 is 1.26 bits per heavy atom. The van der Waals surface area contributed by atoms with E-state index >= 15 is 0 Å². The minimum atomic E-state index is 0.869. The molecule has 0 atom stereocenters. The van der Waals surface area contributed by atoms with E-state index in [-0.39, 0.29) is 0 Å². The normalized spacial score (nSPS) is 14.4. The number of imidazole rings is 1. The Kier molecular flexibility index (Phi) is 3.60. The van der Waals surface area contributed by atoms with Gasteiger partial charge in [0.1, 0.15) is 0 Å². The van der Waals surface area contributed by atoms with Crippen molar-refractivity contribution in [2.24, 2.45) is 0 Å². The van der Waals surface area contributed by atoms with Crippen LogP contribution in [0.25, 0.3) is 5.69 Å². The van der Waals surface area contributed by atoms with Crippen LogP contribution < -0.4 is 5.32 Å². The number of hydrogen-bond donors (Lipinski definition) is 1. The van der Waals surface area contributed by atoms with E-state index in [9.17, 15) is 0 Å². The Morgan fingerprint density at radius 3 is 3.05 bits per heavy atom. The Balaban J connectivity index is 1.91. The van der Waals surface area contributed by atoms with Gasteiger partial charge in [-0.2, -0.15) is 0 Å². The lowest BCUT2D eigenvalue weighted by Crippen LogP contribution is -2.12. The van der Waals surface area contributed by atoms with Crippen LogP contribution in [0, 0.1) is 0 Å². The molecule has 4 heteroatoms. The van der Waals surface area contributed by atoms with E-state index in [1.165, 1.54) is 29.8 Å². The first-order valence-corrected chi connectivity index (χ1v) is 7.08. The smallest absolute Gasteiger partial charge is 0.0998 e. The molecule has 3 rings (SSSR count). The van der Waals surface area contributed by atoms with E-state index in [0.29, 0.717) is 0 Å². The second-order valence-corrected chi connectivity index (χ2v) is 5.05. The Hall–Kier alpha value is -1.68. The van der Waals surface area contributed by atoms with Crippen LogP contribution in [0.5, 0.6) is 0 Å². The molecular formula is C15H20N4. The Morgan fingerprint density at radius 2 is 2.16 bits per heavy atom. The van der Waals surface area contributed by atoms with Gasteiger partial charge >= 0.3 is 0 Å². The second kappa shape index (κ2) is 5.53. The minimum absolute atomic E-state index is 0.869. The first-order valence-electron chi connectivity index (χ1n) is 7.08. The second-order valence-electron chi connectivity index (χ2n) is 5.05. The van der Waals surface area contributed by atoms with Crippen molar-refractivity contribution in [1.29, 1.82) is 0 Å². The van der Waals surface area contributed by atoms with Gasteiger partial charge in [-0.05, 0) is 43.9 Å². The first-order chi connectivity index (χ1) is 9.38. The van der Waals surface area contributed by atoms with Gasteiger partial charge in [-0.15, -0.1) is 0 Å². The molecular weight excluding hydrogens is 236 g/mol. The van der Waals surface area contributed by atoms with Crippen molar-refractivity contribution in [3.8, 4) is 5.69 Å². The molecule has 0 saturated heterocycles. The lowest BCUT2D eigenvalue weighted by molar-refractivity contribution is 0.655. The molecule has 1 aliphatic rings. The van der Waals surface area contributed by atoms with Gasteiger partial charge < -0.3 is 9.88 Å². The summed E-state index contributed by atoms with van der Waals surface area (Å²) in [6, 6.07) is 2.20. The fraction of sp³-hybridized carbons (Fsp3) is 0.467. The molecule has 0 radical (unpaired) electrons. The van der Waals surface area contributed by atoms with Crippen molar-refractivity contribution in [3.63, 3.8) is 0 Å². The lowest BCUT2D eigenvalue weighted by atomic mass is 10.0. The van der Waals surface area contributed by atoms with Crippen LogP contribution in [0.4, 0.5) is 0 Å². The molecule has 0 fully saturated rings. The highest BCUT2D eigenvalue weighted by Gasteiger charge is 2.16. The Labute approximate surface area is 113 Å². The number of pyridine rings is 1. The van der Waals surface area contributed by atoms with Crippen molar-refractivity contribution < 1.29 is 0 Å². The number of hydrogen-bond acceptors (Lipinski definition) is 3. The minimum Gasteiger partial charge on any atom is -0.313 e. The standard InChI is InChI=1S/C15H20N4/c1-2-16-8-12-7-13(10-17-9-12)19-11-18-14-5-3-4-6-15(14)19/h7,9-11,16H,2-6,8H2,1H3. The van der Waals surface area contributed by atoms with Crippen LogP contribution in [-0.4, -0.2) is 21.1 Å². The molecule has 19 heavy (non-hydrogen) atoms. The third kappa shape index (κ3) is 2.54. The van der Waals surface area contributed by atoms with Crippen molar-refractivity contribution in [2.75, 3.05) is 6.54 Å². The number of aromatic nitrogens is 3. The van der Waals surface area contributed by atoms with Crippen LogP contribution in [0.2, 0.25) is 0 Å². The molecule has 0 amide bonds. The summed E-state index contributed by atoms with van der Waals surface area (Å²) in [6.07, 6.45) is 10.6. The number of nitrogens with one attached hydrogen (secondary N) is 1. The molecule has 0 saturated carbocycles. The maximum absolute atomic E-state index is 4.54. The van der Waals surface area contributed by atoms with Crippen LogP contribution in [0.3, 0.4) is 0 Å². The SMILES string of the molecule is CCNCc1cncc(-n2cnc3c2CCCC3)c1. The van der Waals surface area contributed by atoms with E-state index in [0.717, 1.165) is 31.6 Å². The highest BCUT2D eigenvalue weighted by atomic mass is 15.1. The van der Waals surface area contributed by atoms with Crippen molar-refractivity contribution in [2.45, 2.75) is 39.2 Å². The summed E-state index contributed by atoms with van der Waals surface area (Å²) >= 11 is 0. The zero-order chi connectivity index (χ0) is 13.1. The third-order valence-electron chi connectivity index (χ3n) is 3.67. The molecule has 100 valence electrons. The van der Waals surface area contributed by atoms with Gasteiger partial charge in [0.05, 0.1) is 23.9 Å². The van der Waals surface area contributed by atoms with Crippen molar-refractivity contribution in [3.05, 3.63) is 41.7 Å². The average Bonchev–Trinajstić information content (AvgIpc) is 2.89. The molecule has 0 aliphatic heterocycles.